The number of benzene rings is 2. The van der Waals surface area contributed by atoms with Crippen molar-refractivity contribution < 1.29 is 18.7 Å². The Morgan fingerprint density at radius 2 is 1.84 bits per heavy atom. The number of aryl methyl sites for hydroxylation is 1. The van der Waals surface area contributed by atoms with Crippen molar-refractivity contribution in [1.29, 1.82) is 0 Å². The molecule has 1 N–H and O–H groups in total. The van der Waals surface area contributed by atoms with Gasteiger partial charge in [0.1, 0.15) is 17.3 Å². The molecule has 0 aliphatic rings. The summed E-state index contributed by atoms with van der Waals surface area (Å²) in [5, 5.41) is 2.83. The van der Waals surface area contributed by atoms with E-state index >= 15 is 0 Å². The van der Waals surface area contributed by atoms with Crippen LogP contribution in [-0.2, 0) is 4.79 Å². The first-order valence-corrected chi connectivity index (χ1v) is 8.29. The third-order valence-electron chi connectivity index (χ3n) is 3.60. The molecule has 0 aromatic heterocycles. The quantitative estimate of drug-likeness (QED) is 0.739. The van der Waals surface area contributed by atoms with Crippen molar-refractivity contribution in [3.05, 3.63) is 59.9 Å². The topological polar surface area (TPSA) is 47.6 Å². The van der Waals surface area contributed by atoms with Crippen molar-refractivity contribution in [2.24, 2.45) is 0 Å². The first kappa shape index (κ1) is 18.8. The second kappa shape index (κ2) is 8.51. The largest absolute Gasteiger partial charge is 0.494 e. The number of ether oxygens (including phenoxy) is 2. The number of nitrogens with one attached hydrogen (secondary N) is 1. The minimum atomic E-state index is -1.05. The van der Waals surface area contributed by atoms with E-state index in [4.69, 9.17) is 9.47 Å². The Morgan fingerprint density at radius 3 is 2.52 bits per heavy atom. The van der Waals surface area contributed by atoms with Crippen LogP contribution in [0.25, 0.3) is 0 Å². The molecule has 0 fully saturated rings. The van der Waals surface area contributed by atoms with E-state index in [1.165, 1.54) is 24.3 Å². The highest BCUT2D eigenvalue weighted by molar-refractivity contribution is 5.84. The van der Waals surface area contributed by atoms with Crippen LogP contribution in [0, 0.1) is 12.7 Å². The Labute approximate surface area is 148 Å². The van der Waals surface area contributed by atoms with Gasteiger partial charge in [-0.1, -0.05) is 12.1 Å². The zero-order valence-corrected chi connectivity index (χ0v) is 14.8. The molecule has 5 heteroatoms. The lowest BCUT2D eigenvalue weighted by Gasteiger charge is -2.25. The second-order valence-corrected chi connectivity index (χ2v) is 6.34. The normalized spacial score (nSPS) is 11.0. The maximum Gasteiger partial charge on any atom is 0.263 e. The fraction of sp³-hybridized carbons (Fsp3) is 0.350. The molecule has 0 aliphatic carbocycles. The molecule has 0 saturated heterocycles. The molecule has 1 amide bonds. The van der Waals surface area contributed by atoms with E-state index in [-0.39, 0.29) is 11.7 Å². The van der Waals surface area contributed by atoms with E-state index in [0.717, 1.165) is 11.3 Å². The van der Waals surface area contributed by atoms with E-state index in [2.05, 4.69) is 5.32 Å². The van der Waals surface area contributed by atoms with Crippen LogP contribution >= 0.6 is 0 Å². The smallest absolute Gasteiger partial charge is 0.263 e. The first-order chi connectivity index (χ1) is 11.9. The molecule has 2 aromatic rings. The monoisotopic (exact) mass is 345 g/mol. The maximum absolute atomic E-state index is 12.9. The van der Waals surface area contributed by atoms with Gasteiger partial charge in [0.15, 0.2) is 5.60 Å². The zero-order valence-electron chi connectivity index (χ0n) is 14.8. The van der Waals surface area contributed by atoms with Crippen LogP contribution < -0.4 is 14.8 Å². The average molecular weight is 345 g/mol. The summed E-state index contributed by atoms with van der Waals surface area (Å²) in [6.45, 7) is 6.37. The van der Waals surface area contributed by atoms with Crippen molar-refractivity contribution in [2.75, 3.05) is 13.2 Å². The number of carbonyl (C=O) groups is 1. The summed E-state index contributed by atoms with van der Waals surface area (Å²) in [6, 6.07) is 13.4. The lowest BCUT2D eigenvalue weighted by Crippen LogP contribution is -2.47. The van der Waals surface area contributed by atoms with Gasteiger partial charge in [0.05, 0.1) is 6.61 Å². The molecule has 2 rings (SSSR count). The molecular weight excluding hydrogens is 321 g/mol. The molecule has 0 bridgehead atoms. The molecule has 0 heterocycles. The Kier molecular flexibility index (Phi) is 6.39. The predicted molar refractivity (Wildman–Crippen MR) is 95.4 cm³/mol. The molecule has 0 saturated carbocycles. The van der Waals surface area contributed by atoms with Gasteiger partial charge in [0, 0.05) is 6.54 Å². The van der Waals surface area contributed by atoms with Crippen LogP contribution in [0.2, 0.25) is 0 Å². The van der Waals surface area contributed by atoms with Gasteiger partial charge < -0.3 is 14.8 Å². The average Bonchev–Trinajstić information content (AvgIpc) is 2.56. The summed E-state index contributed by atoms with van der Waals surface area (Å²) in [7, 11) is 0. The third kappa shape index (κ3) is 6.10. The Bertz CT molecular complexity index is 698. The van der Waals surface area contributed by atoms with Crippen molar-refractivity contribution in [1.82, 2.24) is 5.32 Å². The van der Waals surface area contributed by atoms with Gasteiger partial charge >= 0.3 is 0 Å². The van der Waals surface area contributed by atoms with Crippen molar-refractivity contribution in [3.8, 4) is 11.5 Å². The summed E-state index contributed by atoms with van der Waals surface area (Å²) < 4.78 is 24.2. The predicted octanol–water partition coefficient (Wildman–Crippen LogP) is 3.88. The van der Waals surface area contributed by atoms with Crippen LogP contribution in [0.4, 0.5) is 4.39 Å². The lowest BCUT2D eigenvalue weighted by atomic mass is 10.1. The first-order valence-electron chi connectivity index (χ1n) is 8.29. The molecular formula is C20H24FNO3. The van der Waals surface area contributed by atoms with Crippen molar-refractivity contribution in [2.45, 2.75) is 32.8 Å². The van der Waals surface area contributed by atoms with Gasteiger partial charge in [-0.15, -0.1) is 0 Å². The van der Waals surface area contributed by atoms with E-state index in [9.17, 15) is 9.18 Å². The van der Waals surface area contributed by atoms with E-state index in [1.807, 2.05) is 31.2 Å². The summed E-state index contributed by atoms with van der Waals surface area (Å²) in [4.78, 5) is 12.3. The summed E-state index contributed by atoms with van der Waals surface area (Å²) in [5.74, 6) is 0.700. The van der Waals surface area contributed by atoms with E-state index in [0.29, 0.717) is 25.3 Å². The zero-order chi connectivity index (χ0) is 18.3. The number of hydrogen-bond donors (Lipinski definition) is 1. The highest BCUT2D eigenvalue weighted by Crippen LogP contribution is 2.19. The van der Waals surface area contributed by atoms with E-state index in [1.54, 1.807) is 13.8 Å². The molecule has 0 atom stereocenters. The highest BCUT2D eigenvalue weighted by Gasteiger charge is 2.29. The van der Waals surface area contributed by atoms with Crippen LogP contribution in [-0.4, -0.2) is 24.7 Å². The minimum Gasteiger partial charge on any atom is -0.494 e. The molecule has 0 aliphatic heterocycles. The van der Waals surface area contributed by atoms with Gasteiger partial charge in [-0.25, -0.2) is 4.39 Å². The Morgan fingerprint density at radius 1 is 1.12 bits per heavy atom. The number of rotatable bonds is 8. The standard InChI is InChI=1S/C20H24FNO3/c1-15-6-4-7-18(14-15)24-13-5-12-22-19(23)20(2,3)25-17-10-8-16(21)9-11-17/h4,6-11,14H,5,12-13H2,1-3H3,(H,22,23). The summed E-state index contributed by atoms with van der Waals surface area (Å²) >= 11 is 0. The van der Waals surface area contributed by atoms with Crippen LogP contribution in [0.15, 0.2) is 48.5 Å². The summed E-state index contributed by atoms with van der Waals surface area (Å²) in [5.41, 5.74) is 0.0976. The van der Waals surface area contributed by atoms with Crippen LogP contribution in [0.3, 0.4) is 0 Å². The van der Waals surface area contributed by atoms with Gasteiger partial charge in [-0.3, -0.25) is 4.79 Å². The molecule has 0 unspecified atom stereocenters. The van der Waals surface area contributed by atoms with Crippen LogP contribution in [0.5, 0.6) is 11.5 Å². The number of amides is 1. The van der Waals surface area contributed by atoms with Crippen molar-refractivity contribution >= 4 is 5.91 Å². The Hall–Kier alpha value is -2.56. The van der Waals surface area contributed by atoms with Gasteiger partial charge in [-0.2, -0.15) is 0 Å². The molecule has 25 heavy (non-hydrogen) atoms. The Balaban J connectivity index is 1.72. The number of carbonyl (C=O) groups excluding carboxylic acids is 1. The third-order valence-corrected chi connectivity index (χ3v) is 3.60. The molecule has 0 spiro atoms. The van der Waals surface area contributed by atoms with Crippen LogP contribution in [0.1, 0.15) is 25.8 Å². The van der Waals surface area contributed by atoms with Gasteiger partial charge in [-0.05, 0) is 69.2 Å². The fourth-order valence-electron chi connectivity index (χ4n) is 2.23. The number of halogens is 1. The minimum absolute atomic E-state index is 0.229. The van der Waals surface area contributed by atoms with Crippen molar-refractivity contribution in [3.63, 3.8) is 0 Å². The summed E-state index contributed by atoms with van der Waals surface area (Å²) in [6.07, 6.45) is 0.687. The second-order valence-electron chi connectivity index (χ2n) is 6.34. The van der Waals surface area contributed by atoms with E-state index < -0.39 is 5.60 Å². The van der Waals surface area contributed by atoms with Gasteiger partial charge in [0.2, 0.25) is 0 Å². The highest BCUT2D eigenvalue weighted by atomic mass is 19.1. The number of hydrogen-bond acceptors (Lipinski definition) is 3. The maximum atomic E-state index is 12.9. The molecule has 0 radical (unpaired) electrons. The fourth-order valence-corrected chi connectivity index (χ4v) is 2.23. The molecule has 2 aromatic carbocycles. The van der Waals surface area contributed by atoms with Gasteiger partial charge in [0.25, 0.3) is 5.91 Å². The molecule has 134 valence electrons. The lowest BCUT2D eigenvalue weighted by molar-refractivity contribution is -0.134. The SMILES string of the molecule is Cc1cccc(OCCCNC(=O)C(C)(C)Oc2ccc(F)cc2)c1. The molecule has 4 nitrogen and oxygen atoms in total.